The molecule has 0 spiro atoms. The van der Waals surface area contributed by atoms with Crippen molar-refractivity contribution >= 4 is 72.4 Å². The molecule has 0 aliphatic heterocycles. The second-order valence-corrected chi connectivity index (χ2v) is 0.346. The van der Waals surface area contributed by atoms with Crippen LogP contribution in [0.15, 0.2) is 0 Å². The van der Waals surface area contributed by atoms with Gasteiger partial charge in [-0.15, -0.1) is 0 Å². The Morgan fingerprint density at radius 1 is 1.14 bits per heavy atom. The molecule has 3 N–H and O–H groups in total. The molecule has 0 rings (SSSR count). The normalized spacial score (nSPS) is 3.86. The Hall–Kier alpha value is 2.75. The van der Waals surface area contributed by atoms with Gasteiger partial charge in [-0.2, -0.15) is 0 Å². The van der Waals surface area contributed by atoms with Gasteiger partial charge in [0.1, 0.15) is 0 Å². The minimum atomic E-state index is -2.17. The summed E-state index contributed by atoms with van der Waals surface area (Å²) in [6.45, 7) is 0. The zero-order chi connectivity index (χ0) is 3.58. The van der Waals surface area contributed by atoms with E-state index in [1.807, 2.05) is 0 Å². The van der Waals surface area contributed by atoms with E-state index in [1.54, 1.807) is 0 Å². The molecular weight excluding hydrogens is 371 g/mol. The van der Waals surface area contributed by atoms with E-state index in [-0.39, 0.29) is 87.4 Å². The molecular formula is H7BCaO3PbZn. The fraction of sp³-hybridized carbons (Fsp3) is 0. The van der Waals surface area contributed by atoms with Gasteiger partial charge in [0.15, 0.2) is 0 Å². The first-order valence-corrected chi connectivity index (χ1v) is 0.775. The van der Waals surface area contributed by atoms with Crippen LogP contribution in [0.1, 0.15) is 2.85 Å². The van der Waals surface area contributed by atoms with Gasteiger partial charge >= 0.3 is 72.4 Å². The molecule has 0 atom stereocenters. The third-order valence-corrected chi connectivity index (χ3v) is 0. The summed E-state index contributed by atoms with van der Waals surface area (Å²) in [5.74, 6) is 0. The van der Waals surface area contributed by atoms with Crippen molar-refractivity contribution in [3.05, 3.63) is 0 Å². The Kier molecular flexibility index (Phi) is 51.3. The Morgan fingerprint density at radius 3 is 1.14 bits per heavy atom. The average Bonchev–Trinajstić information content (AvgIpc) is 0.811. The van der Waals surface area contributed by atoms with Gasteiger partial charge in [0.05, 0.1) is 0 Å². The van der Waals surface area contributed by atoms with Crippen LogP contribution in [0.25, 0.3) is 0 Å². The van der Waals surface area contributed by atoms with E-state index in [4.69, 9.17) is 15.1 Å². The fourth-order valence-corrected chi connectivity index (χ4v) is 0. The Bertz CT molecular complexity index is 26.5. The van der Waals surface area contributed by atoms with E-state index in [0.717, 1.165) is 0 Å². The van der Waals surface area contributed by atoms with Crippen molar-refractivity contribution in [2.75, 3.05) is 0 Å². The maximum Gasteiger partial charge on any atom is 0 e. The topological polar surface area (TPSA) is 60.7 Å². The largest absolute Gasteiger partial charge is 0 e. The molecule has 0 aliphatic carbocycles. The van der Waals surface area contributed by atoms with Crippen molar-refractivity contribution < 1.29 is 37.4 Å². The zero-order valence-electron chi connectivity index (χ0n) is 6.04. The zero-order valence-corrected chi connectivity index (χ0v) is 14.7. The molecule has 0 unspecified atom stereocenters. The van der Waals surface area contributed by atoms with Gasteiger partial charge in [-0.3, -0.25) is 0 Å². The first-order chi connectivity index (χ1) is 1.73. The third kappa shape index (κ3) is 52.7. The standard InChI is InChI=1S/BH3O3.Ca.Pb.Zn.4H/c2-1(3)4;;;;;;;/h2-4H;;;;;;;/q;+2;;;;;2*-1. The monoisotopic (exact) mass is 378 g/mol. The summed E-state index contributed by atoms with van der Waals surface area (Å²) in [6.07, 6.45) is 0. The molecule has 2 radical (unpaired) electrons. The van der Waals surface area contributed by atoms with Gasteiger partial charge in [-0.05, 0) is 0 Å². The van der Waals surface area contributed by atoms with Crippen LogP contribution >= 0.6 is 0 Å². The van der Waals surface area contributed by atoms with Crippen LogP contribution in [0.5, 0.6) is 0 Å². The maximum absolute atomic E-state index is 7.17. The van der Waals surface area contributed by atoms with Crippen LogP contribution in [0.3, 0.4) is 0 Å². The molecule has 0 aliphatic rings. The van der Waals surface area contributed by atoms with Crippen LogP contribution < -0.4 is 0 Å². The van der Waals surface area contributed by atoms with E-state index in [2.05, 4.69) is 0 Å². The predicted molar refractivity (Wildman–Crippen MR) is 28.9 cm³/mol. The molecule has 0 aromatic carbocycles. The SMILES string of the molecule is OB(O)O.[Ca+2].[H-].[H-].[PbH2].[Zn]. The van der Waals surface area contributed by atoms with Crippen LogP contribution in [-0.2, 0) is 19.5 Å². The van der Waals surface area contributed by atoms with Crippen molar-refractivity contribution in [1.82, 2.24) is 0 Å². The predicted octanol–water partition coefficient (Wildman–Crippen LogP) is -3.13. The molecule has 36 valence electrons. The summed E-state index contributed by atoms with van der Waals surface area (Å²) < 4.78 is 0. The minimum absolute atomic E-state index is 0. The first-order valence-electron chi connectivity index (χ1n) is 0.775. The summed E-state index contributed by atoms with van der Waals surface area (Å²) >= 11 is 0. The molecule has 3 nitrogen and oxygen atoms in total. The molecule has 0 saturated heterocycles. The van der Waals surface area contributed by atoms with Crippen molar-refractivity contribution in [3.8, 4) is 0 Å². The Balaban J connectivity index is -0.00000000450. The van der Waals surface area contributed by atoms with Crippen molar-refractivity contribution in [1.29, 1.82) is 0 Å². The van der Waals surface area contributed by atoms with E-state index < -0.39 is 7.32 Å². The summed E-state index contributed by atoms with van der Waals surface area (Å²) in [5, 5.41) is 21.5. The van der Waals surface area contributed by atoms with E-state index >= 15 is 0 Å². The van der Waals surface area contributed by atoms with Crippen LogP contribution in [0, 0.1) is 0 Å². The quantitative estimate of drug-likeness (QED) is 0.391. The van der Waals surface area contributed by atoms with Gasteiger partial charge in [0.25, 0.3) is 0 Å². The molecule has 0 heterocycles. The summed E-state index contributed by atoms with van der Waals surface area (Å²) in [7, 11) is -2.17. The Labute approximate surface area is 108 Å². The van der Waals surface area contributed by atoms with Crippen LogP contribution in [-0.4, -0.2) is 87.4 Å². The summed E-state index contributed by atoms with van der Waals surface area (Å²) in [4.78, 5) is 0. The maximum atomic E-state index is 7.17. The van der Waals surface area contributed by atoms with Crippen LogP contribution in [0.2, 0.25) is 0 Å². The molecule has 0 amide bonds. The van der Waals surface area contributed by atoms with Crippen LogP contribution in [0.4, 0.5) is 0 Å². The van der Waals surface area contributed by atoms with Gasteiger partial charge in [-0.1, -0.05) is 0 Å². The van der Waals surface area contributed by atoms with E-state index in [1.165, 1.54) is 0 Å². The van der Waals surface area contributed by atoms with Gasteiger partial charge in [-0.25, -0.2) is 0 Å². The van der Waals surface area contributed by atoms with Gasteiger partial charge in [0.2, 0.25) is 0 Å². The van der Waals surface area contributed by atoms with Crippen molar-refractivity contribution in [3.63, 3.8) is 0 Å². The number of hydrogen-bond donors (Lipinski definition) is 3. The number of hydrogen-bond acceptors (Lipinski definition) is 3. The Morgan fingerprint density at radius 2 is 1.14 bits per heavy atom. The molecule has 0 bridgehead atoms. The molecule has 0 aromatic heterocycles. The second kappa shape index (κ2) is 15.9. The summed E-state index contributed by atoms with van der Waals surface area (Å²) in [6, 6.07) is 0. The molecule has 0 fully saturated rings. The van der Waals surface area contributed by atoms with Gasteiger partial charge < -0.3 is 17.9 Å². The smallest absolute Gasteiger partial charge is 0 e. The second-order valence-electron chi connectivity index (χ2n) is 0.346. The minimum Gasteiger partial charge on any atom is 0 e. The number of rotatable bonds is 0. The molecule has 7 heavy (non-hydrogen) atoms. The van der Waals surface area contributed by atoms with Crippen molar-refractivity contribution in [2.45, 2.75) is 0 Å². The van der Waals surface area contributed by atoms with Gasteiger partial charge in [0, 0.05) is 19.5 Å². The average molecular weight is 379 g/mol. The van der Waals surface area contributed by atoms with E-state index in [9.17, 15) is 0 Å². The third-order valence-electron chi connectivity index (χ3n) is 0. The molecule has 7 heteroatoms. The van der Waals surface area contributed by atoms with Crippen molar-refractivity contribution in [2.24, 2.45) is 0 Å². The fourth-order valence-electron chi connectivity index (χ4n) is 0. The van der Waals surface area contributed by atoms with E-state index in [0.29, 0.717) is 0 Å². The molecule has 0 saturated carbocycles. The first kappa shape index (κ1) is 22.6. The summed E-state index contributed by atoms with van der Waals surface area (Å²) in [5.41, 5.74) is 0. The molecule has 0 aromatic rings.